The lowest BCUT2D eigenvalue weighted by Crippen LogP contribution is -2.48. The maximum Gasteiger partial charge on any atom is 0.255 e. The van der Waals surface area contributed by atoms with E-state index in [1.807, 2.05) is 0 Å². The molecule has 3 nitrogen and oxygen atoms in total. The molecule has 1 aliphatic heterocycles. The van der Waals surface area contributed by atoms with E-state index < -0.39 is 11.3 Å². The predicted octanol–water partition coefficient (Wildman–Crippen LogP) is 1.63. The summed E-state index contributed by atoms with van der Waals surface area (Å²) in [6.07, 6.45) is 1.91. The summed E-state index contributed by atoms with van der Waals surface area (Å²) in [6, 6.07) is 0.122. The Hall–Kier alpha value is -0.710. The molecule has 1 heterocycles. The molecule has 0 radical (unpaired) electrons. The van der Waals surface area contributed by atoms with Gasteiger partial charge in [-0.05, 0) is 19.4 Å². The third-order valence-corrected chi connectivity index (χ3v) is 3.86. The first-order valence-electron chi connectivity index (χ1n) is 6.20. The second-order valence-corrected chi connectivity index (χ2v) is 5.72. The van der Waals surface area contributed by atoms with E-state index in [1.54, 1.807) is 6.92 Å². The van der Waals surface area contributed by atoms with Crippen molar-refractivity contribution < 1.29 is 13.6 Å². The van der Waals surface area contributed by atoms with Gasteiger partial charge in [-0.25, -0.2) is 8.78 Å². The molecular weight excluding hydrogens is 226 g/mol. The van der Waals surface area contributed by atoms with Gasteiger partial charge >= 0.3 is 0 Å². The van der Waals surface area contributed by atoms with E-state index in [2.05, 4.69) is 10.2 Å². The van der Waals surface area contributed by atoms with Crippen molar-refractivity contribution in [2.45, 2.75) is 45.1 Å². The van der Waals surface area contributed by atoms with E-state index in [0.29, 0.717) is 13.1 Å². The fourth-order valence-corrected chi connectivity index (χ4v) is 2.72. The summed E-state index contributed by atoms with van der Waals surface area (Å²) in [5, 5.41) is 2.87. The van der Waals surface area contributed by atoms with Crippen LogP contribution in [-0.2, 0) is 4.79 Å². The van der Waals surface area contributed by atoms with Crippen LogP contribution in [-0.4, -0.2) is 42.4 Å². The number of carbonyl (C=O) groups excluding carboxylic acids is 1. The zero-order chi connectivity index (χ0) is 12.7. The van der Waals surface area contributed by atoms with Gasteiger partial charge < -0.3 is 10.2 Å². The van der Waals surface area contributed by atoms with Crippen molar-refractivity contribution in [2.75, 3.05) is 19.6 Å². The lowest BCUT2D eigenvalue weighted by molar-refractivity contribution is -0.120. The van der Waals surface area contributed by atoms with Crippen LogP contribution >= 0.6 is 0 Å². The molecule has 0 aromatic heterocycles. The van der Waals surface area contributed by atoms with Crippen LogP contribution in [0.2, 0.25) is 0 Å². The van der Waals surface area contributed by atoms with E-state index >= 15 is 0 Å². The Kier molecular flexibility index (Phi) is 3.14. The number of likely N-dealkylation sites (tertiary alicyclic amines) is 1. The third kappa shape index (κ3) is 2.76. The minimum absolute atomic E-state index is 0.00129. The van der Waals surface area contributed by atoms with E-state index in [1.165, 1.54) is 6.92 Å². The Bertz CT molecular complexity index is 322. The third-order valence-electron chi connectivity index (χ3n) is 3.86. The van der Waals surface area contributed by atoms with E-state index in [0.717, 1.165) is 19.4 Å². The first-order chi connectivity index (χ1) is 7.82. The fraction of sp³-hybridized carbons (Fsp3) is 0.917. The number of piperidine rings is 1. The Balaban J connectivity index is 1.84. The highest BCUT2D eigenvalue weighted by Gasteiger charge is 2.67. The lowest BCUT2D eigenvalue weighted by atomic mass is 10.0. The van der Waals surface area contributed by atoms with Crippen LogP contribution in [0.4, 0.5) is 8.78 Å². The average molecular weight is 246 g/mol. The monoisotopic (exact) mass is 246 g/mol. The zero-order valence-corrected chi connectivity index (χ0v) is 10.4. The molecule has 1 amide bonds. The normalized spacial score (nSPS) is 36.6. The number of alkyl halides is 2. The molecule has 0 bridgehead atoms. The van der Waals surface area contributed by atoms with Gasteiger partial charge in [-0.1, -0.05) is 6.92 Å². The number of carbonyl (C=O) groups is 1. The highest BCUT2D eigenvalue weighted by Crippen LogP contribution is 2.60. The minimum Gasteiger partial charge on any atom is -0.352 e. The molecule has 1 aliphatic carbocycles. The van der Waals surface area contributed by atoms with Crippen LogP contribution in [0.5, 0.6) is 0 Å². The van der Waals surface area contributed by atoms with Gasteiger partial charge in [0.05, 0.1) is 0 Å². The Labute approximate surface area is 101 Å². The molecule has 1 saturated heterocycles. The summed E-state index contributed by atoms with van der Waals surface area (Å²) >= 11 is 0. The van der Waals surface area contributed by atoms with Crippen molar-refractivity contribution in [3.8, 4) is 0 Å². The maximum absolute atomic E-state index is 13.1. The molecule has 2 fully saturated rings. The van der Waals surface area contributed by atoms with Crippen molar-refractivity contribution in [3.63, 3.8) is 0 Å². The van der Waals surface area contributed by atoms with Gasteiger partial charge in [-0.15, -0.1) is 0 Å². The molecule has 2 atom stereocenters. The smallest absolute Gasteiger partial charge is 0.255 e. The highest BCUT2D eigenvalue weighted by atomic mass is 19.3. The van der Waals surface area contributed by atoms with Crippen LogP contribution < -0.4 is 5.32 Å². The second kappa shape index (κ2) is 4.19. The summed E-state index contributed by atoms with van der Waals surface area (Å²) in [5.74, 6) is -2.53. The van der Waals surface area contributed by atoms with Crippen molar-refractivity contribution in [3.05, 3.63) is 0 Å². The molecular formula is C12H20F2N2O. The van der Waals surface area contributed by atoms with Gasteiger partial charge in [0.1, 0.15) is 0 Å². The molecule has 17 heavy (non-hydrogen) atoms. The zero-order valence-electron chi connectivity index (χ0n) is 10.4. The van der Waals surface area contributed by atoms with Gasteiger partial charge in [-0.3, -0.25) is 4.79 Å². The number of hydrogen-bond acceptors (Lipinski definition) is 2. The lowest BCUT2D eigenvalue weighted by Gasteiger charge is -2.34. The van der Waals surface area contributed by atoms with Crippen LogP contribution in [0, 0.1) is 5.41 Å². The summed E-state index contributed by atoms with van der Waals surface area (Å²) < 4.78 is 26.3. The van der Waals surface area contributed by atoms with Gasteiger partial charge in [0.15, 0.2) is 0 Å². The number of halogens is 2. The molecule has 0 aromatic rings. The molecule has 1 N–H and O–H groups in total. The molecule has 1 saturated carbocycles. The largest absolute Gasteiger partial charge is 0.352 e. The van der Waals surface area contributed by atoms with E-state index in [-0.39, 0.29) is 18.4 Å². The van der Waals surface area contributed by atoms with Gasteiger partial charge in [-0.2, -0.15) is 0 Å². The van der Waals surface area contributed by atoms with Crippen LogP contribution in [0.25, 0.3) is 0 Å². The molecule has 2 unspecified atom stereocenters. The number of nitrogens with one attached hydrogen (secondary N) is 1. The summed E-state index contributed by atoms with van der Waals surface area (Å²) in [6.45, 7) is 5.15. The first-order valence-corrected chi connectivity index (χ1v) is 6.20. The predicted molar refractivity (Wildman–Crippen MR) is 60.9 cm³/mol. The van der Waals surface area contributed by atoms with Gasteiger partial charge in [0.25, 0.3) is 5.92 Å². The van der Waals surface area contributed by atoms with Gasteiger partial charge in [0.2, 0.25) is 5.91 Å². The Morgan fingerprint density at radius 2 is 2.18 bits per heavy atom. The first kappa shape index (κ1) is 12.7. The van der Waals surface area contributed by atoms with Crippen LogP contribution in [0.3, 0.4) is 0 Å². The Morgan fingerprint density at radius 3 is 2.71 bits per heavy atom. The van der Waals surface area contributed by atoms with Crippen molar-refractivity contribution in [1.29, 1.82) is 0 Å². The fourth-order valence-electron chi connectivity index (χ4n) is 2.72. The second-order valence-electron chi connectivity index (χ2n) is 5.72. The molecule has 98 valence electrons. The highest BCUT2D eigenvalue weighted by molar-refractivity contribution is 5.73. The quantitative estimate of drug-likeness (QED) is 0.821. The van der Waals surface area contributed by atoms with E-state index in [9.17, 15) is 13.6 Å². The van der Waals surface area contributed by atoms with Crippen molar-refractivity contribution in [1.82, 2.24) is 10.2 Å². The number of rotatable bonds is 3. The van der Waals surface area contributed by atoms with Crippen molar-refractivity contribution in [2.24, 2.45) is 5.41 Å². The van der Waals surface area contributed by atoms with Crippen LogP contribution in [0.15, 0.2) is 0 Å². The topological polar surface area (TPSA) is 32.3 Å². The molecule has 0 spiro atoms. The SMILES string of the molecule is CC(=O)NC1CCCN(CC2(C)CC2(F)F)C1. The van der Waals surface area contributed by atoms with Crippen LogP contribution in [0.1, 0.15) is 33.1 Å². The molecule has 0 aromatic carbocycles. The number of amides is 1. The van der Waals surface area contributed by atoms with E-state index in [4.69, 9.17) is 0 Å². The average Bonchev–Trinajstić information content (AvgIpc) is 2.63. The molecule has 2 aliphatic rings. The number of nitrogens with zero attached hydrogens (tertiary/aromatic N) is 1. The molecule has 2 rings (SSSR count). The summed E-state index contributed by atoms with van der Waals surface area (Å²) in [5.41, 5.74) is -0.842. The summed E-state index contributed by atoms with van der Waals surface area (Å²) in [7, 11) is 0. The standard InChI is InChI=1S/C12H20F2N2O/c1-9(17)15-10-4-3-5-16(6-10)8-11(2)7-12(11,13)14/h10H,3-8H2,1-2H3,(H,15,17). The van der Waals surface area contributed by atoms with Crippen molar-refractivity contribution >= 4 is 5.91 Å². The van der Waals surface area contributed by atoms with Gasteiger partial charge in [0, 0.05) is 37.9 Å². The maximum atomic E-state index is 13.1. The number of hydrogen-bond donors (Lipinski definition) is 1. The Morgan fingerprint density at radius 1 is 1.53 bits per heavy atom. The minimum atomic E-state index is -2.49. The molecule has 5 heteroatoms. The summed E-state index contributed by atoms with van der Waals surface area (Å²) in [4.78, 5) is 13.0.